The number of rotatable bonds is 4. The molecule has 20 heavy (non-hydrogen) atoms. The second-order valence-corrected chi connectivity index (χ2v) is 5.74. The topological polar surface area (TPSA) is 20.2 Å². The van der Waals surface area contributed by atoms with Crippen molar-refractivity contribution in [2.24, 2.45) is 0 Å². The van der Waals surface area contributed by atoms with E-state index in [1.165, 1.54) is 5.56 Å². The molecule has 0 saturated carbocycles. The molecule has 1 rings (SSSR count). The van der Waals surface area contributed by atoms with Gasteiger partial charge in [0.1, 0.15) is 6.10 Å². The van der Waals surface area contributed by atoms with Gasteiger partial charge in [0.05, 0.1) is 0 Å². The summed E-state index contributed by atoms with van der Waals surface area (Å²) in [4.78, 5) is 0. The number of hydrogen-bond acceptors (Lipinski definition) is 1. The van der Waals surface area contributed by atoms with Crippen LogP contribution in [0.15, 0.2) is 53.1 Å². The summed E-state index contributed by atoms with van der Waals surface area (Å²) < 4.78 is 0. The van der Waals surface area contributed by atoms with E-state index in [9.17, 15) is 5.11 Å². The van der Waals surface area contributed by atoms with Crippen LogP contribution in [0, 0.1) is 13.8 Å². The molecule has 1 heteroatoms. The van der Waals surface area contributed by atoms with Crippen LogP contribution in [0.1, 0.15) is 50.5 Å². The zero-order chi connectivity index (χ0) is 15.4. The average Bonchev–Trinajstić information content (AvgIpc) is 2.36. The highest BCUT2D eigenvalue weighted by atomic mass is 16.3. The summed E-state index contributed by atoms with van der Waals surface area (Å²) in [5, 5.41) is 10.6. The Hall–Kier alpha value is -1.60. The van der Waals surface area contributed by atoms with Crippen molar-refractivity contribution < 1.29 is 5.11 Å². The molecule has 1 N–H and O–H groups in total. The van der Waals surface area contributed by atoms with Gasteiger partial charge in [-0.25, -0.2) is 0 Å². The van der Waals surface area contributed by atoms with E-state index in [0.717, 1.165) is 33.4 Å². The van der Waals surface area contributed by atoms with Gasteiger partial charge in [-0.1, -0.05) is 42.0 Å². The highest BCUT2D eigenvalue weighted by Gasteiger charge is 2.13. The third-order valence-corrected chi connectivity index (χ3v) is 3.86. The van der Waals surface area contributed by atoms with Gasteiger partial charge in [-0.3, -0.25) is 0 Å². The molecule has 1 aromatic rings. The third-order valence-electron chi connectivity index (χ3n) is 3.86. The van der Waals surface area contributed by atoms with Gasteiger partial charge >= 0.3 is 0 Å². The zero-order valence-electron chi connectivity index (χ0n) is 13.5. The molecule has 0 aromatic heterocycles. The molecule has 0 fully saturated rings. The Bertz CT molecular complexity index is 573. The maximum absolute atomic E-state index is 10.6. The van der Waals surface area contributed by atoms with Crippen LogP contribution in [0.25, 0.3) is 0 Å². The fourth-order valence-electron chi connectivity index (χ4n) is 2.14. The molecule has 0 bridgehead atoms. The van der Waals surface area contributed by atoms with Gasteiger partial charge in [-0.15, -0.1) is 0 Å². The first-order valence-corrected chi connectivity index (χ1v) is 7.00. The first-order chi connectivity index (χ1) is 9.23. The van der Waals surface area contributed by atoms with E-state index in [4.69, 9.17) is 0 Å². The molecule has 108 valence electrons. The Morgan fingerprint density at radius 1 is 1.15 bits per heavy atom. The molecule has 0 aliphatic rings. The minimum absolute atomic E-state index is 0.551. The van der Waals surface area contributed by atoms with Gasteiger partial charge in [-0.05, 0) is 69.4 Å². The number of benzene rings is 1. The van der Waals surface area contributed by atoms with Gasteiger partial charge in [0.15, 0.2) is 0 Å². The summed E-state index contributed by atoms with van der Waals surface area (Å²) in [5.74, 6) is 0. The minimum atomic E-state index is -0.551. The van der Waals surface area contributed by atoms with Crippen LogP contribution in [-0.4, -0.2) is 5.11 Å². The van der Waals surface area contributed by atoms with Crippen molar-refractivity contribution >= 4 is 0 Å². The highest BCUT2D eigenvalue weighted by Crippen LogP contribution is 2.28. The van der Waals surface area contributed by atoms with E-state index in [1.807, 2.05) is 46.8 Å². The lowest BCUT2D eigenvalue weighted by Crippen LogP contribution is -2.03. The van der Waals surface area contributed by atoms with Gasteiger partial charge < -0.3 is 5.11 Å². The van der Waals surface area contributed by atoms with Crippen molar-refractivity contribution in [1.82, 2.24) is 0 Å². The van der Waals surface area contributed by atoms with E-state index < -0.39 is 6.10 Å². The highest BCUT2D eigenvalue weighted by molar-refractivity contribution is 5.40. The zero-order valence-corrected chi connectivity index (χ0v) is 13.5. The maximum Gasteiger partial charge on any atom is 0.101 e. The Morgan fingerprint density at radius 3 is 2.25 bits per heavy atom. The molecule has 1 nitrogen and oxygen atoms in total. The van der Waals surface area contributed by atoms with Crippen LogP contribution >= 0.6 is 0 Å². The quantitative estimate of drug-likeness (QED) is 0.746. The molecule has 1 atom stereocenters. The summed E-state index contributed by atoms with van der Waals surface area (Å²) in [6, 6.07) is 6.17. The Balaban J connectivity index is 3.15. The maximum atomic E-state index is 10.6. The molecule has 1 aromatic carbocycles. The monoisotopic (exact) mass is 270 g/mol. The normalized spacial score (nSPS) is 14.8. The summed E-state index contributed by atoms with van der Waals surface area (Å²) >= 11 is 0. The Kier molecular flexibility index (Phi) is 5.52. The van der Waals surface area contributed by atoms with Crippen LogP contribution in [0.4, 0.5) is 0 Å². The third kappa shape index (κ3) is 3.94. The largest absolute Gasteiger partial charge is 0.384 e. The summed E-state index contributed by atoms with van der Waals surface area (Å²) in [6.45, 7) is 16.1. The van der Waals surface area contributed by atoms with E-state index in [-0.39, 0.29) is 0 Å². The number of aryl methyl sites for hydroxylation is 2. The molecule has 0 radical (unpaired) electrons. The van der Waals surface area contributed by atoms with E-state index in [0.29, 0.717) is 0 Å². The fraction of sp³-hybridized carbons (Fsp3) is 0.368. The lowest BCUT2D eigenvalue weighted by atomic mass is 9.93. The van der Waals surface area contributed by atoms with Gasteiger partial charge in [0.25, 0.3) is 0 Å². The SMILES string of the molecule is C=C(C)/C(C)=C\C(C)=C(/C)C(O)c1ccc(C)cc1C. The van der Waals surface area contributed by atoms with Gasteiger partial charge in [0.2, 0.25) is 0 Å². The van der Waals surface area contributed by atoms with Crippen molar-refractivity contribution in [3.63, 3.8) is 0 Å². The van der Waals surface area contributed by atoms with E-state index in [1.54, 1.807) is 0 Å². The van der Waals surface area contributed by atoms with Crippen molar-refractivity contribution in [3.8, 4) is 0 Å². The summed E-state index contributed by atoms with van der Waals surface area (Å²) in [5.41, 5.74) is 7.61. The summed E-state index contributed by atoms with van der Waals surface area (Å²) in [6.07, 6.45) is 1.54. The molecule has 0 saturated heterocycles. The van der Waals surface area contributed by atoms with Crippen molar-refractivity contribution in [2.45, 2.75) is 47.6 Å². The average molecular weight is 270 g/mol. The number of aliphatic hydroxyl groups is 1. The molecule has 0 spiro atoms. The van der Waals surface area contributed by atoms with Crippen LogP contribution in [-0.2, 0) is 0 Å². The van der Waals surface area contributed by atoms with Gasteiger partial charge in [-0.2, -0.15) is 0 Å². The number of hydrogen-bond donors (Lipinski definition) is 1. The number of allylic oxidation sites excluding steroid dienone is 4. The predicted molar refractivity (Wildman–Crippen MR) is 87.8 cm³/mol. The standard InChI is InChI=1S/C19H26O/c1-12(2)14(4)11-15(5)17(7)19(20)18-9-8-13(3)10-16(18)6/h8-11,19-20H,1H2,2-7H3/b14-11-,17-15+. The molecule has 0 heterocycles. The lowest BCUT2D eigenvalue weighted by molar-refractivity contribution is 0.214. The Morgan fingerprint density at radius 2 is 1.75 bits per heavy atom. The van der Waals surface area contributed by atoms with Crippen molar-refractivity contribution in [3.05, 3.63) is 69.8 Å². The molecular formula is C19H26O. The lowest BCUT2D eigenvalue weighted by Gasteiger charge is -2.17. The van der Waals surface area contributed by atoms with Crippen molar-refractivity contribution in [2.75, 3.05) is 0 Å². The smallest absolute Gasteiger partial charge is 0.101 e. The minimum Gasteiger partial charge on any atom is -0.384 e. The molecule has 0 aliphatic carbocycles. The fourth-order valence-corrected chi connectivity index (χ4v) is 2.14. The Labute approximate surface area is 123 Å². The predicted octanol–water partition coefficient (Wildman–Crippen LogP) is 5.20. The first-order valence-electron chi connectivity index (χ1n) is 7.00. The molecule has 0 aliphatic heterocycles. The van der Waals surface area contributed by atoms with Crippen LogP contribution in [0.5, 0.6) is 0 Å². The summed E-state index contributed by atoms with van der Waals surface area (Å²) in [7, 11) is 0. The van der Waals surface area contributed by atoms with Crippen molar-refractivity contribution in [1.29, 1.82) is 0 Å². The second kappa shape index (κ2) is 6.71. The van der Waals surface area contributed by atoms with Crippen LogP contribution in [0.2, 0.25) is 0 Å². The second-order valence-electron chi connectivity index (χ2n) is 5.74. The van der Waals surface area contributed by atoms with Gasteiger partial charge in [0, 0.05) is 0 Å². The molecular weight excluding hydrogens is 244 g/mol. The molecule has 1 unspecified atom stereocenters. The first kappa shape index (κ1) is 16.5. The number of aliphatic hydroxyl groups excluding tert-OH is 1. The van der Waals surface area contributed by atoms with E-state index in [2.05, 4.69) is 25.6 Å². The van der Waals surface area contributed by atoms with Crippen LogP contribution < -0.4 is 0 Å². The molecule has 0 amide bonds. The van der Waals surface area contributed by atoms with Crippen LogP contribution in [0.3, 0.4) is 0 Å². The van der Waals surface area contributed by atoms with E-state index >= 15 is 0 Å².